The number of benzene rings is 1. The predicted molar refractivity (Wildman–Crippen MR) is 62.2 cm³/mol. The summed E-state index contributed by atoms with van der Waals surface area (Å²) in [7, 11) is 0. The number of hydrogen-bond acceptors (Lipinski definition) is 4. The van der Waals surface area contributed by atoms with Gasteiger partial charge in [0.1, 0.15) is 5.82 Å². The van der Waals surface area contributed by atoms with Gasteiger partial charge in [-0.05, 0) is 17.7 Å². The number of nitrogens with one attached hydrogen (secondary N) is 1. The number of hydrogen-bond donors (Lipinski definition) is 4. The molecule has 0 amide bonds. The molecule has 4 N–H and O–H groups in total. The van der Waals surface area contributed by atoms with E-state index < -0.39 is 31.2 Å². The van der Waals surface area contributed by atoms with Gasteiger partial charge in [-0.15, -0.1) is 0 Å². The van der Waals surface area contributed by atoms with E-state index in [0.29, 0.717) is 5.56 Å². The normalized spacial score (nSPS) is 11.8. The molecule has 0 bridgehead atoms. The molecule has 17 heavy (non-hydrogen) atoms. The van der Waals surface area contributed by atoms with Crippen LogP contribution in [0.2, 0.25) is 5.02 Å². The first-order valence-electron chi connectivity index (χ1n) is 5.08. The monoisotopic (exact) mass is 263 g/mol. The Balaban J connectivity index is 2.68. The topological polar surface area (TPSA) is 72.7 Å². The summed E-state index contributed by atoms with van der Waals surface area (Å²) >= 11 is 5.54. The molecule has 0 aliphatic heterocycles. The molecule has 4 nitrogen and oxygen atoms in total. The summed E-state index contributed by atoms with van der Waals surface area (Å²) in [4.78, 5) is 0. The minimum absolute atomic E-state index is 0.0338. The second-order valence-corrected chi connectivity index (χ2v) is 4.26. The highest BCUT2D eigenvalue weighted by Crippen LogP contribution is 2.16. The highest BCUT2D eigenvalue weighted by atomic mass is 35.5. The second-order valence-electron chi connectivity index (χ2n) is 3.86. The molecule has 1 rings (SSSR count). The first-order valence-corrected chi connectivity index (χ1v) is 5.46. The molecular weight excluding hydrogens is 249 g/mol. The van der Waals surface area contributed by atoms with E-state index in [4.69, 9.17) is 26.9 Å². The fraction of sp³-hybridized carbons (Fsp3) is 0.455. The minimum Gasteiger partial charge on any atom is -0.394 e. The van der Waals surface area contributed by atoms with Crippen LogP contribution in [0.4, 0.5) is 4.39 Å². The summed E-state index contributed by atoms with van der Waals surface area (Å²) < 4.78 is 13.1. The first-order chi connectivity index (χ1) is 8.06. The molecule has 0 saturated carbocycles. The zero-order valence-electron chi connectivity index (χ0n) is 9.16. The van der Waals surface area contributed by atoms with Crippen LogP contribution in [0.5, 0.6) is 0 Å². The molecule has 6 heteroatoms. The smallest absolute Gasteiger partial charge is 0.142 e. The van der Waals surface area contributed by atoms with Crippen molar-refractivity contribution in [1.29, 1.82) is 0 Å². The van der Waals surface area contributed by atoms with Crippen LogP contribution in [-0.2, 0) is 6.54 Å². The largest absolute Gasteiger partial charge is 0.394 e. The summed E-state index contributed by atoms with van der Waals surface area (Å²) in [5, 5.41) is 30.0. The third-order valence-corrected chi connectivity index (χ3v) is 2.87. The zero-order valence-corrected chi connectivity index (χ0v) is 9.91. The van der Waals surface area contributed by atoms with Gasteiger partial charge in [0, 0.05) is 6.54 Å². The van der Waals surface area contributed by atoms with Crippen LogP contribution in [0.25, 0.3) is 0 Å². The molecule has 0 unspecified atom stereocenters. The van der Waals surface area contributed by atoms with Crippen LogP contribution >= 0.6 is 11.6 Å². The van der Waals surface area contributed by atoms with E-state index in [1.165, 1.54) is 12.1 Å². The lowest BCUT2D eigenvalue weighted by molar-refractivity contribution is 0.0413. The Bertz CT molecular complexity index is 363. The Kier molecular flexibility index (Phi) is 5.30. The van der Waals surface area contributed by atoms with Gasteiger partial charge in [-0.2, -0.15) is 0 Å². The molecule has 1 aromatic rings. The van der Waals surface area contributed by atoms with Crippen LogP contribution in [0.3, 0.4) is 0 Å². The van der Waals surface area contributed by atoms with Gasteiger partial charge in [0.25, 0.3) is 0 Å². The van der Waals surface area contributed by atoms with Crippen LogP contribution in [0.1, 0.15) is 5.56 Å². The van der Waals surface area contributed by atoms with Crippen molar-refractivity contribution in [1.82, 2.24) is 5.32 Å². The molecule has 0 spiro atoms. The van der Waals surface area contributed by atoms with E-state index in [0.717, 1.165) is 0 Å². The highest BCUT2D eigenvalue weighted by molar-refractivity contribution is 6.30. The Labute approximate surface area is 104 Å². The van der Waals surface area contributed by atoms with Gasteiger partial charge >= 0.3 is 0 Å². The quantitative estimate of drug-likeness (QED) is 0.595. The summed E-state index contributed by atoms with van der Waals surface area (Å²) in [6.07, 6.45) is 0. The Morgan fingerprint density at radius 3 is 2.24 bits per heavy atom. The zero-order chi connectivity index (χ0) is 12.9. The van der Waals surface area contributed by atoms with E-state index >= 15 is 0 Å². The number of aliphatic hydroxyl groups is 3. The van der Waals surface area contributed by atoms with Gasteiger partial charge in [0.15, 0.2) is 0 Å². The van der Waals surface area contributed by atoms with Gasteiger partial charge in [0.2, 0.25) is 0 Å². The molecule has 0 aliphatic carbocycles. The summed E-state index contributed by atoms with van der Waals surface area (Å²) in [6, 6.07) is 4.30. The Hall–Kier alpha value is -0.720. The maximum absolute atomic E-state index is 13.1. The molecule has 0 atom stereocenters. The summed E-state index contributed by atoms with van der Waals surface area (Å²) in [6.45, 7) is -1.06. The van der Waals surface area contributed by atoms with Crippen molar-refractivity contribution in [2.45, 2.75) is 12.1 Å². The lowest BCUT2D eigenvalue weighted by atomic mass is 10.0. The highest BCUT2D eigenvalue weighted by Gasteiger charge is 2.27. The Morgan fingerprint density at radius 2 is 1.76 bits per heavy atom. The lowest BCUT2D eigenvalue weighted by Crippen LogP contribution is -2.54. The summed E-state index contributed by atoms with van der Waals surface area (Å²) in [5.41, 5.74) is -0.567. The molecular formula is C11H15ClFNO3. The fourth-order valence-electron chi connectivity index (χ4n) is 1.26. The van der Waals surface area contributed by atoms with Crippen molar-refractivity contribution >= 4 is 11.6 Å². The summed E-state index contributed by atoms with van der Waals surface area (Å²) in [5.74, 6) is -0.534. The standard InChI is InChI=1S/C11H15ClFNO3/c12-9-2-1-8(3-10(9)13)4-14-11(5-15,6-16)7-17/h1-3,14-17H,4-7H2. The van der Waals surface area contributed by atoms with Gasteiger partial charge in [-0.3, -0.25) is 0 Å². The number of rotatable bonds is 6. The van der Waals surface area contributed by atoms with Crippen molar-refractivity contribution in [2.75, 3.05) is 19.8 Å². The maximum atomic E-state index is 13.1. The van der Waals surface area contributed by atoms with E-state index in [2.05, 4.69) is 5.32 Å². The van der Waals surface area contributed by atoms with Crippen LogP contribution in [0.15, 0.2) is 18.2 Å². The molecule has 0 heterocycles. The van der Waals surface area contributed by atoms with E-state index in [1.807, 2.05) is 0 Å². The molecule has 96 valence electrons. The number of halogens is 2. The first kappa shape index (κ1) is 14.3. The fourth-order valence-corrected chi connectivity index (χ4v) is 1.37. The number of aliphatic hydroxyl groups excluding tert-OH is 3. The molecule has 0 radical (unpaired) electrons. The predicted octanol–water partition coefficient (Wildman–Crippen LogP) is 0.284. The van der Waals surface area contributed by atoms with E-state index in [-0.39, 0.29) is 11.6 Å². The van der Waals surface area contributed by atoms with E-state index in [9.17, 15) is 4.39 Å². The average molecular weight is 264 g/mol. The van der Waals surface area contributed by atoms with Crippen molar-refractivity contribution < 1.29 is 19.7 Å². The van der Waals surface area contributed by atoms with Crippen molar-refractivity contribution in [3.8, 4) is 0 Å². The molecule has 1 aromatic carbocycles. The van der Waals surface area contributed by atoms with E-state index in [1.54, 1.807) is 6.07 Å². The minimum atomic E-state index is -1.17. The Morgan fingerprint density at radius 1 is 1.18 bits per heavy atom. The van der Waals surface area contributed by atoms with Gasteiger partial charge in [-0.25, -0.2) is 4.39 Å². The SMILES string of the molecule is OCC(CO)(CO)NCc1ccc(Cl)c(F)c1. The van der Waals surface area contributed by atoms with Crippen molar-refractivity contribution in [3.63, 3.8) is 0 Å². The van der Waals surface area contributed by atoms with Crippen molar-refractivity contribution in [3.05, 3.63) is 34.6 Å². The average Bonchev–Trinajstić information content (AvgIpc) is 2.36. The maximum Gasteiger partial charge on any atom is 0.142 e. The second kappa shape index (κ2) is 6.28. The lowest BCUT2D eigenvalue weighted by Gasteiger charge is -2.28. The van der Waals surface area contributed by atoms with Gasteiger partial charge in [-0.1, -0.05) is 17.7 Å². The molecule has 0 aliphatic rings. The van der Waals surface area contributed by atoms with Crippen LogP contribution in [0, 0.1) is 5.82 Å². The van der Waals surface area contributed by atoms with Crippen molar-refractivity contribution in [2.24, 2.45) is 0 Å². The van der Waals surface area contributed by atoms with Crippen LogP contribution < -0.4 is 5.32 Å². The third kappa shape index (κ3) is 3.62. The van der Waals surface area contributed by atoms with Gasteiger partial charge in [0.05, 0.1) is 30.4 Å². The molecule has 0 aromatic heterocycles. The van der Waals surface area contributed by atoms with Gasteiger partial charge < -0.3 is 20.6 Å². The molecule has 0 fully saturated rings. The molecule has 0 saturated heterocycles. The third-order valence-electron chi connectivity index (χ3n) is 2.56. The van der Waals surface area contributed by atoms with Crippen LogP contribution in [-0.4, -0.2) is 40.7 Å².